The fourth-order valence-electron chi connectivity index (χ4n) is 3.18. The lowest BCUT2D eigenvalue weighted by Gasteiger charge is -2.45. The monoisotopic (exact) mass is 179 g/mol. The molecule has 3 aliphatic rings. The third kappa shape index (κ3) is 1.32. The van der Waals surface area contributed by atoms with E-state index in [1.165, 1.54) is 32.1 Å². The van der Waals surface area contributed by atoms with E-state index in [2.05, 4.69) is 4.90 Å². The van der Waals surface area contributed by atoms with Gasteiger partial charge in [-0.15, -0.1) is 0 Å². The summed E-state index contributed by atoms with van der Waals surface area (Å²) in [6.07, 6.45) is 8.39. The van der Waals surface area contributed by atoms with Gasteiger partial charge in [-0.2, -0.15) is 0 Å². The number of Topliss-reactive ketones (excluding diaryl/α,β-unsaturated/α-hetero) is 1. The van der Waals surface area contributed by atoms with Crippen molar-refractivity contribution in [2.45, 2.75) is 63.1 Å². The van der Waals surface area contributed by atoms with Gasteiger partial charge in [0.25, 0.3) is 0 Å². The normalized spacial score (nSPS) is 40.8. The van der Waals surface area contributed by atoms with Gasteiger partial charge in [-0.05, 0) is 25.7 Å². The van der Waals surface area contributed by atoms with Gasteiger partial charge in [0.2, 0.25) is 0 Å². The molecule has 0 amide bonds. The molecule has 3 fully saturated rings. The van der Waals surface area contributed by atoms with Crippen LogP contribution in [-0.4, -0.2) is 28.8 Å². The molecule has 72 valence electrons. The van der Waals surface area contributed by atoms with E-state index in [0.717, 1.165) is 18.9 Å². The van der Waals surface area contributed by atoms with Gasteiger partial charge >= 0.3 is 0 Å². The van der Waals surface area contributed by atoms with Gasteiger partial charge in [-0.3, -0.25) is 9.69 Å². The summed E-state index contributed by atoms with van der Waals surface area (Å²) in [6.45, 7) is 0. The molecule has 13 heavy (non-hydrogen) atoms. The molecule has 2 saturated heterocycles. The van der Waals surface area contributed by atoms with E-state index < -0.39 is 0 Å². The second-order valence-electron chi connectivity index (χ2n) is 4.86. The minimum Gasteiger partial charge on any atom is -0.300 e. The summed E-state index contributed by atoms with van der Waals surface area (Å²) >= 11 is 0. The highest BCUT2D eigenvalue weighted by atomic mass is 16.1. The van der Waals surface area contributed by atoms with Crippen LogP contribution in [0.15, 0.2) is 0 Å². The topological polar surface area (TPSA) is 20.3 Å². The molecule has 2 atom stereocenters. The van der Waals surface area contributed by atoms with E-state index in [0.29, 0.717) is 17.9 Å². The minimum absolute atomic E-state index is 0.520. The quantitative estimate of drug-likeness (QED) is 0.611. The van der Waals surface area contributed by atoms with Crippen molar-refractivity contribution in [1.29, 1.82) is 0 Å². The minimum atomic E-state index is 0.520. The molecule has 3 rings (SSSR count). The van der Waals surface area contributed by atoms with Crippen molar-refractivity contribution in [2.24, 2.45) is 0 Å². The van der Waals surface area contributed by atoms with Crippen LogP contribution in [0.4, 0.5) is 0 Å². The van der Waals surface area contributed by atoms with Crippen molar-refractivity contribution in [3.05, 3.63) is 0 Å². The molecule has 1 saturated carbocycles. The molecule has 2 nitrogen and oxygen atoms in total. The highest BCUT2D eigenvalue weighted by Crippen LogP contribution is 2.40. The van der Waals surface area contributed by atoms with E-state index in [1.807, 2.05) is 0 Å². The standard InChI is InChI=1S/C11H17NO/c13-11-6-9-2-1-3-10(7-11)12(9)8-4-5-8/h8-10H,1-7H2/t9-,10+. The number of ketones is 1. The van der Waals surface area contributed by atoms with Crippen molar-refractivity contribution in [3.8, 4) is 0 Å². The van der Waals surface area contributed by atoms with E-state index in [9.17, 15) is 4.79 Å². The molecule has 2 bridgehead atoms. The average molecular weight is 179 g/mol. The van der Waals surface area contributed by atoms with Crippen LogP contribution in [0.1, 0.15) is 44.9 Å². The van der Waals surface area contributed by atoms with Gasteiger partial charge in [0.15, 0.2) is 0 Å². The van der Waals surface area contributed by atoms with Crippen LogP contribution < -0.4 is 0 Å². The molecule has 2 aliphatic heterocycles. The van der Waals surface area contributed by atoms with Crippen LogP contribution in [-0.2, 0) is 4.79 Å². The van der Waals surface area contributed by atoms with Crippen molar-refractivity contribution >= 4 is 5.78 Å². The maximum absolute atomic E-state index is 11.4. The molecule has 0 radical (unpaired) electrons. The SMILES string of the molecule is O=C1C[C@H]2CCC[C@@H](C1)N2C1CC1. The fraction of sp³-hybridized carbons (Fsp3) is 0.909. The van der Waals surface area contributed by atoms with Crippen molar-refractivity contribution in [3.63, 3.8) is 0 Å². The Morgan fingerprint density at radius 2 is 1.54 bits per heavy atom. The number of piperidine rings is 2. The number of nitrogens with zero attached hydrogens (tertiary/aromatic N) is 1. The van der Waals surface area contributed by atoms with Crippen molar-refractivity contribution in [2.75, 3.05) is 0 Å². The molecule has 0 N–H and O–H groups in total. The maximum atomic E-state index is 11.4. The highest BCUT2D eigenvalue weighted by Gasteiger charge is 2.44. The van der Waals surface area contributed by atoms with Gasteiger partial charge in [0, 0.05) is 31.0 Å². The lowest BCUT2D eigenvalue weighted by molar-refractivity contribution is -0.127. The van der Waals surface area contributed by atoms with Crippen molar-refractivity contribution < 1.29 is 4.79 Å². The predicted molar refractivity (Wildman–Crippen MR) is 50.5 cm³/mol. The van der Waals surface area contributed by atoms with Crippen LogP contribution in [0.3, 0.4) is 0 Å². The number of hydrogen-bond acceptors (Lipinski definition) is 2. The van der Waals surface area contributed by atoms with E-state index in [4.69, 9.17) is 0 Å². The molecule has 0 aromatic rings. The molecule has 0 aromatic heterocycles. The largest absolute Gasteiger partial charge is 0.300 e. The molecular formula is C11H17NO. The summed E-state index contributed by atoms with van der Waals surface area (Å²) in [5.74, 6) is 0.520. The molecular weight excluding hydrogens is 162 g/mol. The van der Waals surface area contributed by atoms with Crippen molar-refractivity contribution in [1.82, 2.24) is 4.90 Å². The third-order valence-corrected chi connectivity index (χ3v) is 3.81. The van der Waals surface area contributed by atoms with Crippen LogP contribution in [0.25, 0.3) is 0 Å². The van der Waals surface area contributed by atoms with Gasteiger partial charge in [0.05, 0.1) is 0 Å². The van der Waals surface area contributed by atoms with E-state index in [-0.39, 0.29) is 0 Å². The molecule has 1 aliphatic carbocycles. The van der Waals surface area contributed by atoms with Gasteiger partial charge < -0.3 is 0 Å². The second kappa shape index (κ2) is 2.81. The summed E-state index contributed by atoms with van der Waals surface area (Å²) < 4.78 is 0. The smallest absolute Gasteiger partial charge is 0.136 e. The Labute approximate surface area is 79.3 Å². The summed E-state index contributed by atoms with van der Waals surface area (Å²) in [6, 6.07) is 2.13. The Balaban J connectivity index is 1.82. The predicted octanol–water partition coefficient (Wildman–Crippen LogP) is 1.73. The Kier molecular flexibility index (Phi) is 1.72. The Bertz CT molecular complexity index is 218. The molecule has 0 aromatic carbocycles. The second-order valence-corrected chi connectivity index (χ2v) is 4.86. The Hall–Kier alpha value is -0.370. The van der Waals surface area contributed by atoms with E-state index in [1.54, 1.807) is 0 Å². The number of carbonyl (C=O) groups excluding carboxylic acids is 1. The zero-order chi connectivity index (χ0) is 8.84. The summed E-state index contributed by atoms with van der Waals surface area (Å²) in [4.78, 5) is 14.1. The van der Waals surface area contributed by atoms with E-state index >= 15 is 0 Å². The number of fused-ring (bicyclic) bond motifs is 2. The number of carbonyl (C=O) groups is 1. The number of hydrogen-bond donors (Lipinski definition) is 0. The van der Waals surface area contributed by atoms with Gasteiger partial charge in [-0.25, -0.2) is 0 Å². The van der Waals surface area contributed by atoms with Crippen LogP contribution in [0, 0.1) is 0 Å². The lowest BCUT2D eigenvalue weighted by Crippen LogP contribution is -2.53. The highest BCUT2D eigenvalue weighted by molar-refractivity contribution is 5.80. The summed E-state index contributed by atoms with van der Waals surface area (Å²) in [5, 5.41) is 0. The lowest BCUT2D eigenvalue weighted by atomic mass is 9.83. The zero-order valence-electron chi connectivity index (χ0n) is 8.04. The number of rotatable bonds is 1. The van der Waals surface area contributed by atoms with Crippen LogP contribution >= 0.6 is 0 Å². The third-order valence-electron chi connectivity index (χ3n) is 3.81. The van der Waals surface area contributed by atoms with Gasteiger partial charge in [0.1, 0.15) is 5.78 Å². The van der Waals surface area contributed by atoms with Crippen LogP contribution in [0.5, 0.6) is 0 Å². The molecule has 2 heteroatoms. The summed E-state index contributed by atoms with van der Waals surface area (Å²) in [5.41, 5.74) is 0. The summed E-state index contributed by atoms with van der Waals surface area (Å²) in [7, 11) is 0. The van der Waals surface area contributed by atoms with Crippen LogP contribution in [0.2, 0.25) is 0 Å². The first kappa shape index (κ1) is 7.98. The Morgan fingerprint density at radius 3 is 2.08 bits per heavy atom. The first-order chi connectivity index (χ1) is 6.34. The first-order valence-electron chi connectivity index (χ1n) is 5.64. The molecule has 0 unspecified atom stereocenters. The zero-order valence-corrected chi connectivity index (χ0v) is 8.04. The first-order valence-corrected chi connectivity index (χ1v) is 5.64. The average Bonchev–Trinajstić information content (AvgIpc) is 2.85. The Morgan fingerprint density at radius 1 is 0.923 bits per heavy atom. The fourth-order valence-corrected chi connectivity index (χ4v) is 3.18. The van der Waals surface area contributed by atoms with Gasteiger partial charge in [-0.1, -0.05) is 6.42 Å². The molecule has 0 spiro atoms. The molecule has 2 heterocycles. The maximum Gasteiger partial charge on any atom is 0.136 e.